The Morgan fingerprint density at radius 3 is 2.42 bits per heavy atom. The van der Waals surface area contributed by atoms with Crippen molar-refractivity contribution in [2.75, 3.05) is 19.5 Å². The number of benzene rings is 3. The molecule has 1 amide bonds. The molecule has 12 heteroatoms. The number of nitro groups is 1. The maximum absolute atomic E-state index is 13.2. The van der Waals surface area contributed by atoms with E-state index in [1.165, 1.54) is 44.6 Å². The number of rotatable bonds is 7. The number of thioether (sulfide) groups is 1. The van der Waals surface area contributed by atoms with Crippen LogP contribution in [0.5, 0.6) is 11.5 Å². The Balaban J connectivity index is 1.63. The van der Waals surface area contributed by atoms with Crippen molar-refractivity contribution in [2.24, 2.45) is 0 Å². The van der Waals surface area contributed by atoms with E-state index in [1.54, 1.807) is 30.3 Å². The summed E-state index contributed by atoms with van der Waals surface area (Å²) in [7, 11) is -0.923. The molecule has 3 aromatic rings. The second-order valence-electron chi connectivity index (χ2n) is 7.59. The molecule has 0 saturated heterocycles. The molecule has 0 radical (unpaired) electrons. The lowest BCUT2D eigenvalue weighted by atomic mass is 10.2. The van der Waals surface area contributed by atoms with E-state index in [4.69, 9.17) is 21.1 Å². The molecule has 1 N–H and O–H groups in total. The Bertz CT molecular complexity index is 1500. The van der Waals surface area contributed by atoms with Gasteiger partial charge in [0.2, 0.25) is 0 Å². The third-order valence-electron chi connectivity index (χ3n) is 5.33. The number of anilines is 1. The monoisotopic (exact) mass is 546 g/mol. The van der Waals surface area contributed by atoms with Crippen LogP contribution in [0.1, 0.15) is 11.1 Å². The smallest absolute Gasteiger partial charge is 0.288 e. The molecule has 1 aliphatic rings. The van der Waals surface area contributed by atoms with Crippen LogP contribution in [-0.4, -0.2) is 33.5 Å². The minimum atomic E-state index is -3.82. The second kappa shape index (κ2) is 10.2. The quantitative estimate of drug-likeness (QED) is 0.240. The number of carbonyl (C=O) groups is 1. The van der Waals surface area contributed by atoms with Crippen LogP contribution in [0.25, 0.3) is 6.08 Å². The first-order valence-electron chi connectivity index (χ1n) is 10.3. The molecule has 1 heterocycles. The molecule has 3 aromatic carbocycles. The highest BCUT2D eigenvalue weighted by Gasteiger charge is 2.26. The van der Waals surface area contributed by atoms with E-state index in [0.29, 0.717) is 33.2 Å². The van der Waals surface area contributed by atoms with Gasteiger partial charge in [0.05, 0.1) is 45.9 Å². The molecule has 0 aromatic heterocycles. The lowest BCUT2D eigenvalue weighted by Gasteiger charge is -2.20. The summed E-state index contributed by atoms with van der Waals surface area (Å²) in [6.45, 7) is 0. The van der Waals surface area contributed by atoms with Gasteiger partial charge in [0, 0.05) is 11.0 Å². The molecule has 0 spiro atoms. The minimum Gasteiger partial charge on any atom is -0.496 e. The van der Waals surface area contributed by atoms with Crippen LogP contribution < -0.4 is 14.8 Å². The van der Waals surface area contributed by atoms with Crippen molar-refractivity contribution >= 4 is 56.6 Å². The summed E-state index contributed by atoms with van der Waals surface area (Å²) in [6.07, 6.45) is 1.50. The van der Waals surface area contributed by atoms with Gasteiger partial charge < -0.3 is 14.8 Å². The van der Waals surface area contributed by atoms with Crippen LogP contribution in [0, 0.1) is 10.1 Å². The standard InChI is InChI=1S/C24H19ClN2O7S2/c1-33-20-4-3-5-21(34-2)16(20)13-36(31,32)15-7-9-22-18(12-15)26-24(28)23(35-22)11-14-6-8-17(25)19(10-14)27(29)30/h3-12H,13H2,1-2H3,(H,26,28)/b23-11-. The molecule has 9 nitrogen and oxygen atoms in total. The summed E-state index contributed by atoms with van der Waals surface area (Å²) in [5, 5.41) is 13.8. The van der Waals surface area contributed by atoms with Crippen molar-refractivity contribution in [3.8, 4) is 11.5 Å². The van der Waals surface area contributed by atoms with E-state index in [1.807, 2.05) is 0 Å². The number of hydrogen-bond acceptors (Lipinski definition) is 8. The van der Waals surface area contributed by atoms with E-state index in [9.17, 15) is 23.3 Å². The van der Waals surface area contributed by atoms with Gasteiger partial charge in [0.25, 0.3) is 11.6 Å². The predicted octanol–water partition coefficient (Wildman–Crippen LogP) is 5.32. The molecule has 4 rings (SSSR count). The van der Waals surface area contributed by atoms with Gasteiger partial charge in [-0.05, 0) is 48.0 Å². The molecule has 0 saturated carbocycles. The molecule has 0 unspecified atom stereocenters. The fraction of sp³-hybridized carbons (Fsp3) is 0.125. The number of halogens is 1. The van der Waals surface area contributed by atoms with Crippen LogP contribution in [-0.2, 0) is 20.4 Å². The van der Waals surface area contributed by atoms with Gasteiger partial charge in [-0.1, -0.05) is 35.5 Å². The highest BCUT2D eigenvalue weighted by molar-refractivity contribution is 8.04. The maximum atomic E-state index is 13.2. The third-order valence-corrected chi connectivity index (χ3v) is 8.39. The molecule has 186 valence electrons. The lowest BCUT2D eigenvalue weighted by Crippen LogP contribution is -2.18. The zero-order valence-electron chi connectivity index (χ0n) is 19.0. The van der Waals surface area contributed by atoms with Gasteiger partial charge in [0.15, 0.2) is 9.84 Å². The van der Waals surface area contributed by atoms with Gasteiger partial charge in [0.1, 0.15) is 16.5 Å². The molecular weight excluding hydrogens is 528 g/mol. The summed E-state index contributed by atoms with van der Waals surface area (Å²) in [4.78, 5) is 24.2. The minimum absolute atomic E-state index is 0.00674. The van der Waals surface area contributed by atoms with Gasteiger partial charge in [-0.15, -0.1) is 0 Å². The van der Waals surface area contributed by atoms with E-state index in [0.717, 1.165) is 11.8 Å². The number of ether oxygens (including phenoxy) is 2. The number of carbonyl (C=O) groups excluding carboxylic acids is 1. The maximum Gasteiger partial charge on any atom is 0.288 e. The second-order valence-corrected chi connectivity index (χ2v) is 11.1. The third kappa shape index (κ3) is 5.18. The molecule has 0 aliphatic carbocycles. The van der Waals surface area contributed by atoms with Crippen molar-refractivity contribution < 1.29 is 27.6 Å². The molecule has 0 fully saturated rings. The fourth-order valence-electron chi connectivity index (χ4n) is 3.59. The highest BCUT2D eigenvalue weighted by Crippen LogP contribution is 2.41. The Morgan fingerprint density at radius 2 is 1.78 bits per heavy atom. The first-order valence-corrected chi connectivity index (χ1v) is 13.2. The van der Waals surface area contributed by atoms with Crippen molar-refractivity contribution in [1.29, 1.82) is 0 Å². The number of hydrogen-bond donors (Lipinski definition) is 1. The summed E-state index contributed by atoms with van der Waals surface area (Å²) < 4.78 is 37.0. The number of nitrogens with zero attached hydrogens (tertiary/aromatic N) is 1. The first-order chi connectivity index (χ1) is 17.1. The van der Waals surface area contributed by atoms with E-state index >= 15 is 0 Å². The average molecular weight is 547 g/mol. The van der Waals surface area contributed by atoms with E-state index in [-0.39, 0.29) is 26.3 Å². The largest absolute Gasteiger partial charge is 0.496 e. The van der Waals surface area contributed by atoms with Crippen LogP contribution >= 0.6 is 23.4 Å². The summed E-state index contributed by atoms with van der Waals surface area (Å²) in [5.41, 5.74) is 0.893. The van der Waals surface area contributed by atoms with Gasteiger partial charge in [-0.25, -0.2) is 8.42 Å². The fourth-order valence-corrected chi connectivity index (χ4v) is 6.11. The average Bonchev–Trinajstić information content (AvgIpc) is 2.85. The van der Waals surface area contributed by atoms with Crippen molar-refractivity contribution in [3.63, 3.8) is 0 Å². The molecule has 36 heavy (non-hydrogen) atoms. The highest BCUT2D eigenvalue weighted by atomic mass is 35.5. The normalized spacial score (nSPS) is 14.2. The van der Waals surface area contributed by atoms with E-state index < -0.39 is 20.7 Å². The molecule has 0 bridgehead atoms. The number of methoxy groups -OCH3 is 2. The topological polar surface area (TPSA) is 125 Å². The van der Waals surface area contributed by atoms with E-state index in [2.05, 4.69) is 5.32 Å². The van der Waals surface area contributed by atoms with Crippen LogP contribution in [0.4, 0.5) is 11.4 Å². The number of nitro benzene ring substituents is 1. The Hall–Kier alpha value is -3.54. The van der Waals surface area contributed by atoms with Crippen molar-refractivity contribution in [2.45, 2.75) is 15.5 Å². The summed E-state index contributed by atoms with van der Waals surface area (Å²) >= 11 is 6.98. The predicted molar refractivity (Wildman–Crippen MR) is 137 cm³/mol. The SMILES string of the molecule is COc1cccc(OC)c1CS(=O)(=O)c1ccc2c(c1)NC(=O)/C(=C/c1ccc(Cl)c([N+](=O)[O-])c1)S2. The van der Waals surface area contributed by atoms with Crippen LogP contribution in [0.3, 0.4) is 0 Å². The Kier molecular flexibility index (Phi) is 7.25. The van der Waals surface area contributed by atoms with Crippen LogP contribution in [0.15, 0.2) is 69.3 Å². The van der Waals surface area contributed by atoms with Crippen molar-refractivity contribution in [3.05, 3.63) is 85.8 Å². The molecule has 0 atom stereocenters. The van der Waals surface area contributed by atoms with Crippen LogP contribution in [0.2, 0.25) is 5.02 Å². The lowest BCUT2D eigenvalue weighted by molar-refractivity contribution is -0.384. The first kappa shape index (κ1) is 25.5. The van der Waals surface area contributed by atoms with Crippen molar-refractivity contribution in [1.82, 2.24) is 0 Å². The van der Waals surface area contributed by atoms with Gasteiger partial charge in [-0.3, -0.25) is 14.9 Å². The zero-order valence-corrected chi connectivity index (χ0v) is 21.4. The zero-order chi connectivity index (χ0) is 26.0. The Morgan fingerprint density at radius 1 is 1.08 bits per heavy atom. The summed E-state index contributed by atoms with van der Waals surface area (Å²) in [5.74, 6) is -0.0550. The van der Waals surface area contributed by atoms with Gasteiger partial charge >= 0.3 is 0 Å². The number of nitrogens with one attached hydrogen (secondary N) is 1. The number of sulfone groups is 1. The number of fused-ring (bicyclic) bond motifs is 1. The molecular formula is C24H19ClN2O7S2. The Labute approximate surface area is 216 Å². The summed E-state index contributed by atoms with van der Waals surface area (Å²) in [6, 6.07) is 13.7. The molecule has 1 aliphatic heterocycles. The number of amides is 1. The van der Waals surface area contributed by atoms with Gasteiger partial charge in [-0.2, -0.15) is 0 Å².